The minimum Gasteiger partial charge on any atom is -0.458 e. The van der Waals surface area contributed by atoms with Crippen LogP contribution < -0.4 is 0 Å². The van der Waals surface area contributed by atoms with Gasteiger partial charge in [-0.25, -0.2) is 9.59 Å². The average Bonchev–Trinajstić information content (AvgIpc) is 3.41. The molecule has 8 unspecified atom stereocenters. The van der Waals surface area contributed by atoms with E-state index < -0.39 is 65.4 Å². The summed E-state index contributed by atoms with van der Waals surface area (Å²) >= 11 is 0. The molecule has 2 aromatic rings. The fraction of sp³-hybridized carbons (Fsp3) is 0.447. The van der Waals surface area contributed by atoms with E-state index in [4.69, 9.17) is 18.9 Å². The SMILES string of the molecule is C=C1C(OC(=O)c2ccccc2)CC2C(C=C(C)C(=O)C3(OC(C)=O)CC(C)C(OC(=O)c4ccccc4)C3C1OC(C)=O)C2(C)C. The molecule has 2 aromatic carbocycles. The van der Waals surface area contributed by atoms with Crippen LogP contribution in [0.3, 0.4) is 0 Å². The van der Waals surface area contributed by atoms with Gasteiger partial charge in [0.2, 0.25) is 5.78 Å². The van der Waals surface area contributed by atoms with Crippen LogP contribution in [0.15, 0.2) is 84.5 Å². The number of fused-ring (bicyclic) bond motifs is 2. The standard InChI is InChI=1S/C38H42O9/c1-21-18-28-29(37(28,6)7)19-30(45-35(42)26-14-10-8-11-15-26)23(3)33(44-24(4)39)31-32(46-36(43)27-16-12-9-13-17-27)22(2)20-38(31,34(21)41)47-25(5)40/h8-18,22,28-33H,3,19-20H2,1-2,4-7H3. The van der Waals surface area contributed by atoms with Gasteiger partial charge in [-0.3, -0.25) is 14.4 Å². The molecule has 0 N–H and O–H groups in total. The molecule has 9 nitrogen and oxygen atoms in total. The van der Waals surface area contributed by atoms with Crippen LogP contribution >= 0.6 is 0 Å². The van der Waals surface area contributed by atoms with Gasteiger partial charge in [0.15, 0.2) is 5.60 Å². The van der Waals surface area contributed by atoms with Crippen molar-refractivity contribution in [2.24, 2.45) is 29.1 Å². The number of hydrogen-bond acceptors (Lipinski definition) is 9. The van der Waals surface area contributed by atoms with Crippen molar-refractivity contribution in [3.8, 4) is 0 Å². The minimum absolute atomic E-state index is 0.00893. The van der Waals surface area contributed by atoms with Gasteiger partial charge in [-0.1, -0.05) is 69.8 Å². The number of benzene rings is 2. The van der Waals surface area contributed by atoms with Crippen LogP contribution in [0.25, 0.3) is 0 Å². The number of ether oxygens (including phenoxy) is 4. The van der Waals surface area contributed by atoms with Gasteiger partial charge in [-0.2, -0.15) is 0 Å². The lowest BCUT2D eigenvalue weighted by atomic mass is 9.76. The van der Waals surface area contributed by atoms with Crippen molar-refractivity contribution >= 4 is 29.7 Å². The fourth-order valence-electron chi connectivity index (χ4n) is 7.64. The van der Waals surface area contributed by atoms with E-state index in [0.717, 1.165) is 0 Å². The van der Waals surface area contributed by atoms with E-state index in [9.17, 15) is 24.0 Å². The fourth-order valence-corrected chi connectivity index (χ4v) is 7.64. The normalized spacial score (nSPS) is 31.2. The second-order valence-corrected chi connectivity index (χ2v) is 13.7. The summed E-state index contributed by atoms with van der Waals surface area (Å²) in [6.45, 7) is 14.4. The van der Waals surface area contributed by atoms with Crippen molar-refractivity contribution in [2.75, 3.05) is 0 Å². The summed E-state index contributed by atoms with van der Waals surface area (Å²) < 4.78 is 24.3. The van der Waals surface area contributed by atoms with Gasteiger partial charge in [0.05, 0.1) is 17.0 Å². The van der Waals surface area contributed by atoms with Crippen molar-refractivity contribution in [1.82, 2.24) is 0 Å². The molecule has 0 aromatic heterocycles. The minimum atomic E-state index is -1.89. The van der Waals surface area contributed by atoms with Gasteiger partial charge in [0.1, 0.15) is 18.3 Å². The first-order chi connectivity index (χ1) is 22.2. The Kier molecular flexibility index (Phi) is 9.31. The van der Waals surface area contributed by atoms with Gasteiger partial charge < -0.3 is 18.9 Å². The number of allylic oxidation sites excluding steroid dienone is 1. The van der Waals surface area contributed by atoms with Gasteiger partial charge >= 0.3 is 23.9 Å². The van der Waals surface area contributed by atoms with Crippen molar-refractivity contribution in [3.05, 3.63) is 95.6 Å². The molecule has 8 atom stereocenters. The van der Waals surface area contributed by atoms with Gasteiger partial charge in [-0.15, -0.1) is 0 Å². The van der Waals surface area contributed by atoms with Crippen LogP contribution in [0.2, 0.25) is 0 Å². The summed E-state index contributed by atoms with van der Waals surface area (Å²) in [7, 11) is 0. The molecule has 2 saturated carbocycles. The Bertz CT molecular complexity index is 1610. The first kappa shape index (κ1) is 33.8. The number of esters is 4. The van der Waals surface area contributed by atoms with Gasteiger partial charge in [-0.05, 0) is 66.4 Å². The first-order valence-electron chi connectivity index (χ1n) is 16.0. The topological polar surface area (TPSA) is 122 Å². The van der Waals surface area contributed by atoms with Gasteiger partial charge in [0.25, 0.3) is 0 Å². The number of rotatable bonds is 6. The molecule has 47 heavy (non-hydrogen) atoms. The quantitative estimate of drug-likeness (QED) is 0.210. The average molecular weight is 643 g/mol. The highest BCUT2D eigenvalue weighted by Gasteiger charge is 2.66. The van der Waals surface area contributed by atoms with Gasteiger partial charge in [0, 0.05) is 25.8 Å². The third kappa shape index (κ3) is 6.53. The maximum Gasteiger partial charge on any atom is 0.338 e. The molecule has 3 aliphatic rings. The molecular formula is C38H42O9. The Morgan fingerprint density at radius 3 is 1.91 bits per heavy atom. The zero-order valence-corrected chi connectivity index (χ0v) is 27.7. The van der Waals surface area contributed by atoms with E-state index in [2.05, 4.69) is 20.4 Å². The smallest absolute Gasteiger partial charge is 0.338 e. The summed E-state index contributed by atoms with van der Waals surface area (Å²) in [4.78, 5) is 67.3. The van der Waals surface area contributed by atoms with Crippen LogP contribution in [0.5, 0.6) is 0 Å². The predicted molar refractivity (Wildman–Crippen MR) is 172 cm³/mol. The Morgan fingerprint density at radius 2 is 1.38 bits per heavy atom. The molecule has 0 heterocycles. The Hall–Kier alpha value is -4.53. The second kappa shape index (κ2) is 12.9. The maximum atomic E-state index is 14.7. The summed E-state index contributed by atoms with van der Waals surface area (Å²) in [5.41, 5.74) is -0.942. The monoisotopic (exact) mass is 642 g/mol. The van der Waals surface area contributed by atoms with E-state index in [1.54, 1.807) is 74.5 Å². The molecule has 5 rings (SSSR count). The van der Waals surface area contributed by atoms with E-state index in [0.29, 0.717) is 17.6 Å². The molecule has 0 radical (unpaired) electrons. The summed E-state index contributed by atoms with van der Waals surface area (Å²) in [5.74, 6) is -4.93. The Balaban J connectivity index is 1.68. The molecular weight excluding hydrogens is 600 g/mol. The van der Waals surface area contributed by atoms with Crippen molar-refractivity contribution in [2.45, 2.75) is 78.3 Å². The number of hydrogen-bond donors (Lipinski definition) is 0. The molecule has 248 valence electrons. The Labute approximate surface area is 275 Å². The van der Waals surface area contributed by atoms with E-state index in [1.165, 1.54) is 13.8 Å². The van der Waals surface area contributed by atoms with E-state index in [1.807, 2.05) is 6.08 Å². The third-order valence-electron chi connectivity index (χ3n) is 10.1. The molecule has 0 aliphatic heterocycles. The molecule has 3 aliphatic carbocycles. The lowest BCUT2D eigenvalue weighted by Crippen LogP contribution is -2.55. The lowest BCUT2D eigenvalue weighted by molar-refractivity contribution is -0.179. The van der Waals surface area contributed by atoms with E-state index >= 15 is 0 Å². The second-order valence-electron chi connectivity index (χ2n) is 13.7. The van der Waals surface area contributed by atoms with Crippen molar-refractivity contribution < 1.29 is 42.9 Å². The first-order valence-corrected chi connectivity index (χ1v) is 16.0. The largest absolute Gasteiger partial charge is 0.458 e. The number of Topliss-reactive ketones (excluding diaryl/α,β-unsaturated/α-hetero) is 1. The summed E-state index contributed by atoms with van der Waals surface area (Å²) in [6.07, 6.45) is -1.13. The van der Waals surface area contributed by atoms with Crippen LogP contribution in [0.4, 0.5) is 0 Å². The number of ketones is 1. The predicted octanol–water partition coefficient (Wildman–Crippen LogP) is 6.07. The van der Waals surface area contributed by atoms with Crippen LogP contribution in [-0.4, -0.2) is 53.6 Å². The van der Waals surface area contributed by atoms with Crippen LogP contribution in [0.1, 0.15) is 75.1 Å². The highest BCUT2D eigenvalue weighted by molar-refractivity contribution is 6.03. The molecule has 9 heteroatoms. The summed E-state index contributed by atoms with van der Waals surface area (Å²) in [6, 6.07) is 16.9. The highest BCUT2D eigenvalue weighted by atomic mass is 16.6. The van der Waals surface area contributed by atoms with E-state index in [-0.39, 0.29) is 34.8 Å². The van der Waals surface area contributed by atoms with Crippen molar-refractivity contribution in [1.29, 1.82) is 0 Å². The summed E-state index contributed by atoms with van der Waals surface area (Å²) in [5, 5.41) is 0. The molecule has 0 amide bonds. The third-order valence-corrected chi connectivity index (χ3v) is 10.1. The van der Waals surface area contributed by atoms with Crippen molar-refractivity contribution in [3.63, 3.8) is 0 Å². The molecule has 0 bridgehead atoms. The van der Waals surface area contributed by atoms with Crippen LogP contribution in [-0.2, 0) is 33.3 Å². The zero-order valence-electron chi connectivity index (χ0n) is 27.7. The highest BCUT2D eigenvalue weighted by Crippen LogP contribution is 2.63. The van der Waals surface area contributed by atoms with Crippen LogP contribution in [0, 0.1) is 29.1 Å². The Morgan fingerprint density at radius 1 is 0.830 bits per heavy atom. The molecule has 0 spiro atoms. The lowest BCUT2D eigenvalue weighted by Gasteiger charge is -2.40. The zero-order chi connectivity index (χ0) is 34.3. The number of carbonyl (C=O) groups is 5. The maximum absolute atomic E-state index is 14.7. The number of carbonyl (C=O) groups excluding carboxylic acids is 5. The molecule has 0 saturated heterocycles. The molecule has 2 fully saturated rings.